The van der Waals surface area contributed by atoms with Crippen LogP contribution in [0.5, 0.6) is 0 Å². The predicted molar refractivity (Wildman–Crippen MR) is 93.6 cm³/mol. The first-order chi connectivity index (χ1) is 11.9. The quantitative estimate of drug-likeness (QED) is 0.775. The normalized spacial score (nSPS) is 17.6. The molecule has 6 nitrogen and oxygen atoms in total. The van der Waals surface area contributed by atoms with Crippen LogP contribution in [0.4, 0.5) is 10.1 Å². The Kier molecular flexibility index (Phi) is 5.41. The second-order valence-corrected chi connectivity index (χ2v) is 8.14. The Morgan fingerprint density at radius 1 is 1.24 bits per heavy atom. The van der Waals surface area contributed by atoms with E-state index in [9.17, 15) is 12.8 Å². The SMILES string of the molecule is CS(=O)(=O)NC[C@H](c1ccco1)[NH+]1CCN(c2ccc(F)cc2)CC1. The molecule has 0 bridgehead atoms. The van der Waals surface area contributed by atoms with E-state index in [4.69, 9.17) is 4.42 Å². The molecule has 1 aromatic heterocycles. The molecule has 2 heterocycles. The minimum Gasteiger partial charge on any atom is -0.463 e. The zero-order chi connectivity index (χ0) is 17.9. The number of sulfonamides is 1. The van der Waals surface area contributed by atoms with Crippen molar-refractivity contribution in [2.75, 3.05) is 43.9 Å². The Bertz CT molecular complexity index is 770. The summed E-state index contributed by atoms with van der Waals surface area (Å²) in [4.78, 5) is 3.48. The highest BCUT2D eigenvalue weighted by Crippen LogP contribution is 2.16. The molecule has 2 aromatic rings. The maximum absolute atomic E-state index is 13.1. The first-order valence-corrected chi connectivity index (χ1v) is 10.1. The highest BCUT2D eigenvalue weighted by Gasteiger charge is 2.31. The Balaban J connectivity index is 1.66. The smallest absolute Gasteiger partial charge is 0.208 e. The third-order valence-corrected chi connectivity index (χ3v) is 5.22. The molecule has 0 amide bonds. The van der Waals surface area contributed by atoms with Crippen LogP contribution >= 0.6 is 0 Å². The average molecular weight is 368 g/mol. The Morgan fingerprint density at radius 3 is 2.48 bits per heavy atom. The average Bonchev–Trinajstić information content (AvgIpc) is 3.10. The van der Waals surface area contributed by atoms with Gasteiger partial charge in [-0.25, -0.2) is 17.5 Å². The molecular weight excluding hydrogens is 345 g/mol. The summed E-state index contributed by atoms with van der Waals surface area (Å²) >= 11 is 0. The van der Waals surface area contributed by atoms with Crippen LogP contribution in [0, 0.1) is 5.82 Å². The van der Waals surface area contributed by atoms with Gasteiger partial charge in [0.25, 0.3) is 0 Å². The fraction of sp³-hybridized carbons (Fsp3) is 0.412. The summed E-state index contributed by atoms with van der Waals surface area (Å²) in [6.45, 7) is 3.62. The van der Waals surface area contributed by atoms with Gasteiger partial charge < -0.3 is 14.2 Å². The van der Waals surface area contributed by atoms with Gasteiger partial charge in [0.2, 0.25) is 10.0 Å². The summed E-state index contributed by atoms with van der Waals surface area (Å²) in [7, 11) is -3.26. The largest absolute Gasteiger partial charge is 0.463 e. The number of anilines is 1. The summed E-state index contributed by atoms with van der Waals surface area (Å²) in [5, 5.41) is 0. The van der Waals surface area contributed by atoms with Gasteiger partial charge in [0.05, 0.1) is 45.2 Å². The third-order valence-electron chi connectivity index (χ3n) is 4.53. The van der Waals surface area contributed by atoms with Crippen LogP contribution in [0.1, 0.15) is 11.8 Å². The van der Waals surface area contributed by atoms with Crippen LogP contribution in [0.25, 0.3) is 0 Å². The number of piperazine rings is 1. The number of hydrogen-bond donors (Lipinski definition) is 2. The Hall–Kier alpha value is -1.90. The minimum absolute atomic E-state index is 0.0694. The molecule has 0 aliphatic carbocycles. The van der Waals surface area contributed by atoms with Gasteiger partial charge in [0, 0.05) is 5.69 Å². The van der Waals surface area contributed by atoms with Gasteiger partial charge in [-0.3, -0.25) is 0 Å². The van der Waals surface area contributed by atoms with Crippen molar-refractivity contribution in [3.05, 3.63) is 54.2 Å². The molecule has 0 radical (unpaired) electrons. The van der Waals surface area contributed by atoms with Crippen molar-refractivity contribution in [3.63, 3.8) is 0 Å². The summed E-state index contributed by atoms with van der Waals surface area (Å²) in [6.07, 6.45) is 2.77. The van der Waals surface area contributed by atoms with E-state index in [1.165, 1.54) is 17.0 Å². The molecule has 1 fully saturated rings. The Labute approximate surface area is 147 Å². The van der Waals surface area contributed by atoms with Crippen LogP contribution < -0.4 is 14.5 Å². The van der Waals surface area contributed by atoms with Crippen molar-refractivity contribution in [2.24, 2.45) is 0 Å². The van der Waals surface area contributed by atoms with E-state index < -0.39 is 10.0 Å². The van der Waals surface area contributed by atoms with Gasteiger partial charge >= 0.3 is 0 Å². The van der Waals surface area contributed by atoms with E-state index in [-0.39, 0.29) is 11.9 Å². The van der Waals surface area contributed by atoms with Gasteiger partial charge in [-0.2, -0.15) is 0 Å². The zero-order valence-electron chi connectivity index (χ0n) is 14.1. The Morgan fingerprint density at radius 2 is 1.92 bits per heavy atom. The maximum Gasteiger partial charge on any atom is 0.208 e. The molecule has 1 atom stereocenters. The molecule has 8 heteroatoms. The van der Waals surface area contributed by atoms with Crippen molar-refractivity contribution in [3.8, 4) is 0 Å². The second-order valence-electron chi connectivity index (χ2n) is 6.31. The third kappa shape index (κ3) is 4.81. The van der Waals surface area contributed by atoms with E-state index in [1.54, 1.807) is 18.4 Å². The van der Waals surface area contributed by atoms with E-state index in [2.05, 4.69) is 9.62 Å². The predicted octanol–water partition coefficient (Wildman–Crippen LogP) is 0.414. The van der Waals surface area contributed by atoms with Crippen molar-refractivity contribution < 1.29 is 22.1 Å². The van der Waals surface area contributed by atoms with Crippen LogP contribution in [0.15, 0.2) is 47.1 Å². The van der Waals surface area contributed by atoms with Crippen molar-refractivity contribution in [1.82, 2.24) is 4.72 Å². The monoisotopic (exact) mass is 368 g/mol. The van der Waals surface area contributed by atoms with Crippen molar-refractivity contribution >= 4 is 15.7 Å². The van der Waals surface area contributed by atoms with Crippen LogP contribution in [0.3, 0.4) is 0 Å². The number of nitrogens with zero attached hydrogens (tertiary/aromatic N) is 1. The molecule has 1 aliphatic heterocycles. The summed E-state index contributed by atoms with van der Waals surface area (Å²) in [5.41, 5.74) is 1.00. The van der Waals surface area contributed by atoms with Crippen molar-refractivity contribution in [1.29, 1.82) is 0 Å². The zero-order valence-corrected chi connectivity index (χ0v) is 14.9. The highest BCUT2D eigenvalue weighted by atomic mass is 32.2. The van der Waals surface area contributed by atoms with Gasteiger partial charge in [0.15, 0.2) is 11.8 Å². The molecule has 2 N–H and O–H groups in total. The molecule has 136 valence electrons. The molecule has 25 heavy (non-hydrogen) atoms. The molecule has 3 rings (SSSR count). The fourth-order valence-electron chi connectivity index (χ4n) is 3.22. The number of furan rings is 1. The van der Waals surface area contributed by atoms with E-state index in [1.807, 2.05) is 12.1 Å². The lowest BCUT2D eigenvalue weighted by Gasteiger charge is -2.37. The van der Waals surface area contributed by atoms with Gasteiger partial charge in [-0.15, -0.1) is 0 Å². The number of nitrogens with one attached hydrogen (secondary N) is 2. The molecular formula is C17H23FN3O3S+. The minimum atomic E-state index is -3.26. The van der Waals surface area contributed by atoms with Crippen LogP contribution in [-0.4, -0.2) is 47.4 Å². The van der Waals surface area contributed by atoms with Crippen LogP contribution in [-0.2, 0) is 10.0 Å². The van der Waals surface area contributed by atoms with Gasteiger partial charge in [-0.1, -0.05) is 0 Å². The lowest BCUT2D eigenvalue weighted by atomic mass is 10.1. The number of rotatable bonds is 6. The second kappa shape index (κ2) is 7.55. The van der Waals surface area contributed by atoms with Gasteiger partial charge in [0.1, 0.15) is 5.82 Å². The number of benzene rings is 1. The molecule has 1 aromatic carbocycles. The highest BCUT2D eigenvalue weighted by molar-refractivity contribution is 7.88. The van der Waals surface area contributed by atoms with Crippen LogP contribution in [0.2, 0.25) is 0 Å². The van der Waals surface area contributed by atoms with Crippen molar-refractivity contribution in [2.45, 2.75) is 6.04 Å². The van der Waals surface area contributed by atoms with E-state index >= 15 is 0 Å². The summed E-state index contributed by atoms with van der Waals surface area (Å²) in [6, 6.07) is 10.1. The molecule has 1 saturated heterocycles. The number of quaternary nitrogens is 1. The molecule has 1 aliphatic rings. The summed E-state index contributed by atoms with van der Waals surface area (Å²) in [5.74, 6) is 0.541. The number of halogens is 1. The lowest BCUT2D eigenvalue weighted by Crippen LogP contribution is -3.15. The maximum atomic E-state index is 13.1. The lowest BCUT2D eigenvalue weighted by molar-refractivity contribution is -0.931. The van der Waals surface area contributed by atoms with E-state index in [0.717, 1.165) is 43.9 Å². The summed E-state index contributed by atoms with van der Waals surface area (Å²) < 4.78 is 44.1. The standard InChI is InChI=1S/C17H22FN3O3S/c1-25(22,23)19-13-16(17-3-2-12-24-17)21-10-8-20(9-11-21)15-6-4-14(18)5-7-15/h2-7,12,16,19H,8-11,13H2,1H3/p+1/t16-/m1/s1. The molecule has 0 unspecified atom stereocenters. The fourth-order valence-corrected chi connectivity index (χ4v) is 3.69. The molecule has 0 saturated carbocycles. The number of hydrogen-bond acceptors (Lipinski definition) is 4. The topological polar surface area (TPSA) is 67.0 Å². The van der Waals surface area contributed by atoms with Gasteiger partial charge in [-0.05, 0) is 36.4 Å². The first-order valence-electron chi connectivity index (χ1n) is 8.25. The van der Waals surface area contributed by atoms with E-state index in [0.29, 0.717) is 6.54 Å². The first kappa shape index (κ1) is 17.9. The molecule has 0 spiro atoms.